The molecule has 0 radical (unpaired) electrons. The molecule has 1 N–H and O–H groups in total. The highest BCUT2D eigenvalue weighted by Gasteiger charge is 2.21. The number of ether oxygens (including phenoxy) is 1. The Bertz CT molecular complexity index is 385. The first-order valence-corrected chi connectivity index (χ1v) is 7.24. The van der Waals surface area contributed by atoms with Crippen molar-refractivity contribution < 1.29 is 4.74 Å². The zero-order valence-corrected chi connectivity index (χ0v) is 12.4. The third-order valence-electron chi connectivity index (χ3n) is 3.84. The van der Waals surface area contributed by atoms with Gasteiger partial charge in [0.05, 0.1) is 12.3 Å². The maximum Gasteiger partial charge on any atom is 0.205 e. The summed E-state index contributed by atoms with van der Waals surface area (Å²) in [6.07, 6.45) is 5.61. The lowest BCUT2D eigenvalue weighted by Gasteiger charge is -2.32. The van der Waals surface area contributed by atoms with Crippen molar-refractivity contribution in [1.82, 2.24) is 14.9 Å². The number of hydrogen-bond donors (Lipinski definition) is 1. The molecule has 1 unspecified atom stereocenters. The van der Waals surface area contributed by atoms with Crippen LogP contribution in [0, 0.1) is 0 Å². The van der Waals surface area contributed by atoms with Crippen molar-refractivity contribution in [3.8, 4) is 0 Å². The molecule has 0 saturated carbocycles. The number of piperidine rings is 1. The summed E-state index contributed by atoms with van der Waals surface area (Å²) >= 11 is 0. The van der Waals surface area contributed by atoms with Crippen LogP contribution in [-0.4, -0.2) is 49.4 Å². The van der Waals surface area contributed by atoms with Crippen molar-refractivity contribution >= 4 is 5.95 Å². The summed E-state index contributed by atoms with van der Waals surface area (Å²) in [6, 6.07) is 0.544. The molecule has 0 amide bonds. The molecular formula is C14H26N4O. The van der Waals surface area contributed by atoms with Crippen molar-refractivity contribution in [1.29, 1.82) is 0 Å². The van der Waals surface area contributed by atoms with Gasteiger partial charge in [0.15, 0.2) is 0 Å². The third-order valence-corrected chi connectivity index (χ3v) is 3.84. The van der Waals surface area contributed by atoms with Gasteiger partial charge in [-0.15, -0.1) is 0 Å². The van der Waals surface area contributed by atoms with Crippen LogP contribution in [0.4, 0.5) is 5.95 Å². The summed E-state index contributed by atoms with van der Waals surface area (Å²) in [5, 5.41) is 3.47. The Morgan fingerprint density at radius 1 is 1.58 bits per heavy atom. The van der Waals surface area contributed by atoms with E-state index in [9.17, 15) is 0 Å². The minimum absolute atomic E-state index is 0.544. The van der Waals surface area contributed by atoms with Crippen LogP contribution in [0.2, 0.25) is 0 Å². The van der Waals surface area contributed by atoms with Crippen molar-refractivity contribution in [3.63, 3.8) is 0 Å². The second-order valence-corrected chi connectivity index (χ2v) is 5.18. The molecule has 1 aromatic heterocycles. The molecule has 19 heavy (non-hydrogen) atoms. The van der Waals surface area contributed by atoms with Crippen LogP contribution in [0.5, 0.6) is 0 Å². The van der Waals surface area contributed by atoms with E-state index in [0.717, 1.165) is 44.3 Å². The number of methoxy groups -OCH3 is 1. The quantitative estimate of drug-likeness (QED) is 0.842. The van der Waals surface area contributed by atoms with Crippen LogP contribution in [0.3, 0.4) is 0 Å². The van der Waals surface area contributed by atoms with Crippen LogP contribution in [0.15, 0.2) is 6.20 Å². The Kier molecular flexibility index (Phi) is 5.22. The summed E-state index contributed by atoms with van der Waals surface area (Å²) in [5.74, 6) is 1.07. The van der Waals surface area contributed by atoms with Crippen LogP contribution in [0.25, 0.3) is 0 Å². The van der Waals surface area contributed by atoms with Gasteiger partial charge in [-0.2, -0.15) is 0 Å². The molecule has 1 fully saturated rings. The summed E-state index contributed by atoms with van der Waals surface area (Å²) in [7, 11) is 3.90. The molecule has 2 heterocycles. The smallest absolute Gasteiger partial charge is 0.205 e. The van der Waals surface area contributed by atoms with Gasteiger partial charge >= 0.3 is 0 Å². The third kappa shape index (κ3) is 3.48. The van der Waals surface area contributed by atoms with E-state index in [1.165, 1.54) is 12.8 Å². The lowest BCUT2D eigenvalue weighted by molar-refractivity contribution is 0.187. The molecule has 0 bridgehead atoms. The highest BCUT2D eigenvalue weighted by Crippen LogP contribution is 2.19. The normalized spacial score (nSPS) is 19.6. The number of anilines is 1. The molecule has 0 aliphatic carbocycles. The average molecular weight is 266 g/mol. The van der Waals surface area contributed by atoms with Crippen molar-refractivity contribution in [2.24, 2.45) is 0 Å². The molecule has 0 spiro atoms. The molecule has 5 nitrogen and oxygen atoms in total. The van der Waals surface area contributed by atoms with Crippen LogP contribution in [-0.2, 0) is 17.7 Å². The maximum absolute atomic E-state index is 5.19. The second-order valence-electron chi connectivity index (χ2n) is 5.18. The topological polar surface area (TPSA) is 42.3 Å². The van der Waals surface area contributed by atoms with Gasteiger partial charge < -0.3 is 19.5 Å². The largest absolute Gasteiger partial charge is 0.383 e. The van der Waals surface area contributed by atoms with Crippen LogP contribution in [0.1, 0.15) is 25.5 Å². The number of imidazole rings is 1. The molecule has 1 aliphatic rings. The predicted octanol–water partition coefficient (Wildman–Crippen LogP) is 1.28. The predicted molar refractivity (Wildman–Crippen MR) is 77.8 cm³/mol. The fourth-order valence-corrected chi connectivity index (χ4v) is 2.59. The first-order valence-electron chi connectivity index (χ1n) is 7.24. The molecule has 5 heteroatoms. The van der Waals surface area contributed by atoms with E-state index in [0.29, 0.717) is 6.04 Å². The van der Waals surface area contributed by atoms with Gasteiger partial charge in [-0.1, -0.05) is 6.92 Å². The molecule has 2 rings (SSSR count). The highest BCUT2D eigenvalue weighted by molar-refractivity contribution is 5.34. The van der Waals surface area contributed by atoms with Gasteiger partial charge in [0.2, 0.25) is 5.95 Å². The Hall–Kier alpha value is -1.07. The standard InChI is InChI=1S/C14H26N4O/c1-4-12-11-18(8-9-19-3)14(16-12)17(2)13-6-5-7-15-10-13/h11,13,15H,4-10H2,1-3H3. The van der Waals surface area contributed by atoms with Crippen molar-refractivity contribution in [2.45, 2.75) is 38.8 Å². The van der Waals surface area contributed by atoms with E-state index in [-0.39, 0.29) is 0 Å². The van der Waals surface area contributed by atoms with E-state index in [2.05, 4.69) is 35.0 Å². The van der Waals surface area contributed by atoms with Gasteiger partial charge in [0, 0.05) is 39.5 Å². The average Bonchev–Trinajstić information content (AvgIpc) is 2.88. The number of aromatic nitrogens is 2. The minimum atomic E-state index is 0.544. The summed E-state index contributed by atoms with van der Waals surface area (Å²) in [6.45, 7) is 5.93. The Morgan fingerprint density at radius 2 is 2.42 bits per heavy atom. The fraction of sp³-hybridized carbons (Fsp3) is 0.786. The van der Waals surface area contributed by atoms with Crippen molar-refractivity contribution in [2.75, 3.05) is 38.8 Å². The monoisotopic (exact) mass is 266 g/mol. The molecule has 1 aromatic rings. The zero-order valence-electron chi connectivity index (χ0n) is 12.4. The molecule has 0 aromatic carbocycles. The zero-order chi connectivity index (χ0) is 13.7. The lowest BCUT2D eigenvalue weighted by atomic mass is 10.1. The van der Waals surface area contributed by atoms with E-state index < -0.39 is 0 Å². The molecule has 1 aliphatic heterocycles. The molecule has 1 saturated heterocycles. The Labute approximate surface area is 116 Å². The SMILES string of the molecule is CCc1cn(CCOC)c(N(C)C2CCCNC2)n1. The van der Waals surface area contributed by atoms with Gasteiger partial charge in [-0.05, 0) is 25.8 Å². The number of hydrogen-bond acceptors (Lipinski definition) is 4. The minimum Gasteiger partial charge on any atom is -0.383 e. The number of likely N-dealkylation sites (N-methyl/N-ethyl adjacent to an activating group) is 1. The van der Waals surface area contributed by atoms with Crippen LogP contribution >= 0.6 is 0 Å². The van der Waals surface area contributed by atoms with Gasteiger partial charge in [-0.3, -0.25) is 0 Å². The molecule has 1 atom stereocenters. The van der Waals surface area contributed by atoms with E-state index in [4.69, 9.17) is 9.72 Å². The molecule has 108 valence electrons. The molecular weight excluding hydrogens is 240 g/mol. The number of nitrogens with zero attached hydrogens (tertiary/aromatic N) is 3. The van der Waals surface area contributed by atoms with Crippen LogP contribution < -0.4 is 10.2 Å². The van der Waals surface area contributed by atoms with Crippen molar-refractivity contribution in [3.05, 3.63) is 11.9 Å². The number of nitrogens with one attached hydrogen (secondary N) is 1. The summed E-state index contributed by atoms with van der Waals surface area (Å²) < 4.78 is 7.41. The van der Waals surface area contributed by atoms with Gasteiger partial charge in [0.1, 0.15) is 0 Å². The number of rotatable bonds is 6. The first kappa shape index (κ1) is 14.3. The summed E-state index contributed by atoms with van der Waals surface area (Å²) in [4.78, 5) is 7.08. The lowest BCUT2D eigenvalue weighted by Crippen LogP contribution is -2.45. The van der Waals surface area contributed by atoms with E-state index in [1.54, 1.807) is 7.11 Å². The first-order chi connectivity index (χ1) is 9.26. The van der Waals surface area contributed by atoms with Gasteiger partial charge in [0.25, 0.3) is 0 Å². The maximum atomic E-state index is 5.19. The number of aryl methyl sites for hydroxylation is 1. The van der Waals surface area contributed by atoms with E-state index >= 15 is 0 Å². The van der Waals surface area contributed by atoms with E-state index in [1.807, 2.05) is 0 Å². The Morgan fingerprint density at radius 3 is 3.05 bits per heavy atom. The fourth-order valence-electron chi connectivity index (χ4n) is 2.59. The highest BCUT2D eigenvalue weighted by atomic mass is 16.5. The second kappa shape index (κ2) is 6.91. The summed E-state index contributed by atoms with van der Waals surface area (Å²) in [5.41, 5.74) is 1.15. The Balaban J connectivity index is 2.13. The van der Waals surface area contributed by atoms with Gasteiger partial charge in [-0.25, -0.2) is 4.98 Å².